The first kappa shape index (κ1) is 19.9. The maximum Gasteiger partial charge on any atom is 0.312 e. The van der Waals surface area contributed by atoms with Gasteiger partial charge in [-0.05, 0) is 57.4 Å². The van der Waals surface area contributed by atoms with E-state index in [0.29, 0.717) is 39.1 Å². The average Bonchev–Trinajstić information content (AvgIpc) is 3.24. The molecule has 5 nitrogen and oxygen atoms in total. The van der Waals surface area contributed by atoms with Crippen molar-refractivity contribution in [3.8, 4) is 0 Å². The highest BCUT2D eigenvalue weighted by Crippen LogP contribution is 2.38. The van der Waals surface area contributed by atoms with Crippen molar-refractivity contribution in [2.24, 2.45) is 5.41 Å². The van der Waals surface area contributed by atoms with Crippen LogP contribution in [0.1, 0.15) is 51.0 Å². The minimum absolute atomic E-state index is 0.0919. The van der Waals surface area contributed by atoms with Crippen LogP contribution in [-0.2, 0) is 25.5 Å². The monoisotopic (exact) mass is 373 g/mol. The number of hydrogen-bond acceptors (Lipinski definition) is 4. The third-order valence-electron chi connectivity index (χ3n) is 5.91. The second-order valence-electron chi connectivity index (χ2n) is 7.67. The van der Waals surface area contributed by atoms with Gasteiger partial charge in [-0.1, -0.05) is 30.3 Å². The standard InChI is InChI=1S/C22H31NO4/c1-2-26-21(25)22(12-6-10-18-8-4-3-5-9-18)13-15-23(16-14-22)20(24)19-11-7-17-27-19/h3-5,8-9,19H,2,6-7,10-17H2,1H3/t19-/m1/s1. The zero-order valence-electron chi connectivity index (χ0n) is 16.3. The van der Waals surface area contributed by atoms with Crippen molar-refractivity contribution in [1.29, 1.82) is 0 Å². The quantitative estimate of drug-likeness (QED) is 0.688. The molecule has 148 valence electrons. The molecular formula is C22H31NO4. The number of piperidine rings is 1. The number of amides is 1. The Morgan fingerprint density at radius 1 is 1.22 bits per heavy atom. The van der Waals surface area contributed by atoms with Gasteiger partial charge in [0.25, 0.3) is 5.91 Å². The second kappa shape index (κ2) is 9.36. The molecule has 1 aromatic rings. The number of carbonyl (C=O) groups is 2. The fourth-order valence-corrected chi connectivity index (χ4v) is 4.25. The van der Waals surface area contributed by atoms with Gasteiger partial charge in [0.2, 0.25) is 0 Å². The second-order valence-corrected chi connectivity index (χ2v) is 7.67. The lowest BCUT2D eigenvalue weighted by Gasteiger charge is -2.40. The Bertz CT molecular complexity index is 616. The molecule has 2 aliphatic heterocycles. The number of nitrogens with zero attached hydrogens (tertiary/aromatic N) is 1. The maximum atomic E-state index is 12.7. The van der Waals surface area contributed by atoms with Crippen molar-refractivity contribution in [2.75, 3.05) is 26.3 Å². The van der Waals surface area contributed by atoms with Crippen molar-refractivity contribution < 1.29 is 19.1 Å². The Balaban J connectivity index is 1.58. The molecule has 0 saturated carbocycles. The molecular weight excluding hydrogens is 342 g/mol. The molecule has 27 heavy (non-hydrogen) atoms. The van der Waals surface area contributed by atoms with Crippen LogP contribution >= 0.6 is 0 Å². The number of carbonyl (C=O) groups excluding carboxylic acids is 2. The van der Waals surface area contributed by atoms with Gasteiger partial charge < -0.3 is 14.4 Å². The number of hydrogen-bond donors (Lipinski definition) is 0. The van der Waals surface area contributed by atoms with Gasteiger partial charge in [0, 0.05) is 19.7 Å². The Labute approximate surface area is 162 Å². The minimum Gasteiger partial charge on any atom is -0.466 e. The van der Waals surface area contributed by atoms with Crippen LogP contribution < -0.4 is 0 Å². The van der Waals surface area contributed by atoms with Crippen LogP contribution in [0.2, 0.25) is 0 Å². The molecule has 2 aliphatic rings. The van der Waals surface area contributed by atoms with Gasteiger partial charge >= 0.3 is 5.97 Å². The fraction of sp³-hybridized carbons (Fsp3) is 0.636. The topological polar surface area (TPSA) is 55.8 Å². The number of aryl methyl sites for hydroxylation is 1. The van der Waals surface area contributed by atoms with E-state index in [2.05, 4.69) is 12.1 Å². The summed E-state index contributed by atoms with van der Waals surface area (Å²) in [6.07, 6.45) is 5.56. The molecule has 0 radical (unpaired) electrons. The number of rotatable bonds is 7. The molecule has 0 bridgehead atoms. The molecule has 0 N–H and O–H groups in total. The molecule has 1 atom stereocenters. The van der Waals surface area contributed by atoms with Gasteiger partial charge in [0.1, 0.15) is 6.10 Å². The third-order valence-corrected chi connectivity index (χ3v) is 5.91. The number of benzene rings is 1. The smallest absolute Gasteiger partial charge is 0.312 e. The van der Waals surface area contributed by atoms with Crippen LogP contribution in [0.3, 0.4) is 0 Å². The van der Waals surface area contributed by atoms with Crippen molar-refractivity contribution in [2.45, 2.75) is 58.0 Å². The summed E-state index contributed by atoms with van der Waals surface area (Å²) in [4.78, 5) is 27.2. The zero-order chi connectivity index (χ0) is 19.1. The van der Waals surface area contributed by atoms with Gasteiger partial charge in [-0.3, -0.25) is 9.59 Å². The minimum atomic E-state index is -0.460. The summed E-state index contributed by atoms with van der Waals surface area (Å²) in [7, 11) is 0. The van der Waals surface area contributed by atoms with E-state index < -0.39 is 5.41 Å². The van der Waals surface area contributed by atoms with Gasteiger partial charge in [-0.15, -0.1) is 0 Å². The first-order valence-electron chi connectivity index (χ1n) is 10.3. The lowest BCUT2D eigenvalue weighted by molar-refractivity contribution is -0.162. The summed E-state index contributed by atoms with van der Waals surface area (Å²) in [6, 6.07) is 10.4. The molecule has 2 saturated heterocycles. The number of ether oxygens (including phenoxy) is 2. The van der Waals surface area contributed by atoms with Crippen LogP contribution in [0.25, 0.3) is 0 Å². The van der Waals surface area contributed by atoms with E-state index in [9.17, 15) is 9.59 Å². The highest BCUT2D eigenvalue weighted by molar-refractivity contribution is 5.82. The van der Waals surface area contributed by atoms with E-state index in [0.717, 1.165) is 32.1 Å². The summed E-state index contributed by atoms with van der Waals surface area (Å²) in [6.45, 7) is 4.16. The SMILES string of the molecule is CCOC(=O)C1(CCCc2ccccc2)CCN(C(=O)[C@H]2CCCO2)CC1. The summed E-state index contributed by atoms with van der Waals surface area (Å²) < 4.78 is 11.0. The van der Waals surface area contributed by atoms with E-state index in [1.54, 1.807) is 0 Å². The fourth-order valence-electron chi connectivity index (χ4n) is 4.25. The number of likely N-dealkylation sites (tertiary alicyclic amines) is 1. The van der Waals surface area contributed by atoms with Crippen LogP contribution in [0.4, 0.5) is 0 Å². The van der Waals surface area contributed by atoms with Crippen molar-refractivity contribution >= 4 is 11.9 Å². The van der Waals surface area contributed by atoms with Crippen molar-refractivity contribution in [3.63, 3.8) is 0 Å². The van der Waals surface area contributed by atoms with Crippen LogP contribution in [-0.4, -0.2) is 49.2 Å². The van der Waals surface area contributed by atoms with Gasteiger partial charge in [-0.25, -0.2) is 0 Å². The van der Waals surface area contributed by atoms with E-state index in [4.69, 9.17) is 9.47 Å². The highest BCUT2D eigenvalue weighted by atomic mass is 16.5. The first-order chi connectivity index (χ1) is 13.1. The van der Waals surface area contributed by atoms with Crippen LogP contribution in [0, 0.1) is 5.41 Å². The van der Waals surface area contributed by atoms with Gasteiger partial charge in [-0.2, -0.15) is 0 Å². The lowest BCUT2D eigenvalue weighted by atomic mass is 9.74. The molecule has 1 amide bonds. The average molecular weight is 373 g/mol. The molecule has 1 aromatic carbocycles. The molecule has 0 aliphatic carbocycles. The molecule has 2 heterocycles. The summed E-state index contributed by atoms with van der Waals surface area (Å²) >= 11 is 0. The molecule has 0 aromatic heterocycles. The number of esters is 1. The Morgan fingerprint density at radius 3 is 2.59 bits per heavy atom. The molecule has 5 heteroatoms. The Morgan fingerprint density at radius 2 is 1.96 bits per heavy atom. The normalized spacial score (nSPS) is 21.8. The molecule has 0 spiro atoms. The van der Waals surface area contributed by atoms with Crippen LogP contribution in [0.15, 0.2) is 30.3 Å². The predicted molar refractivity (Wildman–Crippen MR) is 103 cm³/mol. The molecule has 0 unspecified atom stereocenters. The lowest BCUT2D eigenvalue weighted by Crippen LogP contribution is -2.49. The third kappa shape index (κ3) is 4.89. The van der Waals surface area contributed by atoms with Gasteiger partial charge in [0.05, 0.1) is 12.0 Å². The van der Waals surface area contributed by atoms with E-state index in [1.165, 1.54) is 5.56 Å². The summed E-state index contributed by atoms with van der Waals surface area (Å²) in [5, 5.41) is 0. The predicted octanol–water partition coefficient (Wildman–Crippen LogP) is 3.36. The largest absolute Gasteiger partial charge is 0.466 e. The molecule has 2 fully saturated rings. The zero-order valence-corrected chi connectivity index (χ0v) is 16.3. The van der Waals surface area contributed by atoms with E-state index in [-0.39, 0.29) is 18.0 Å². The summed E-state index contributed by atoms with van der Waals surface area (Å²) in [5.41, 5.74) is 0.834. The van der Waals surface area contributed by atoms with E-state index >= 15 is 0 Å². The Hall–Kier alpha value is -1.88. The first-order valence-corrected chi connectivity index (χ1v) is 10.3. The van der Waals surface area contributed by atoms with Crippen molar-refractivity contribution in [1.82, 2.24) is 4.90 Å². The van der Waals surface area contributed by atoms with Crippen LogP contribution in [0.5, 0.6) is 0 Å². The van der Waals surface area contributed by atoms with Gasteiger partial charge in [0.15, 0.2) is 0 Å². The van der Waals surface area contributed by atoms with E-state index in [1.807, 2.05) is 30.0 Å². The van der Waals surface area contributed by atoms with Crippen molar-refractivity contribution in [3.05, 3.63) is 35.9 Å². The maximum absolute atomic E-state index is 12.7. The molecule has 3 rings (SSSR count). The Kier molecular flexibility index (Phi) is 6.89. The highest BCUT2D eigenvalue weighted by Gasteiger charge is 2.44. The summed E-state index contributed by atoms with van der Waals surface area (Å²) in [5.74, 6) is -0.00322.